The largest absolute Gasteiger partial charge is 0.480 e. The lowest BCUT2D eigenvalue weighted by Crippen LogP contribution is -2.40. The molecule has 1 aliphatic carbocycles. The number of rotatable bonds is 2. The predicted molar refractivity (Wildman–Crippen MR) is 66.6 cm³/mol. The number of hydrogen-bond donors (Lipinski definition) is 1. The van der Waals surface area contributed by atoms with Crippen LogP contribution in [0.2, 0.25) is 0 Å². The Balaban J connectivity index is 2.11. The molecule has 1 amide bonds. The second kappa shape index (κ2) is 3.83. The quantitative estimate of drug-likeness (QED) is 0.866. The van der Waals surface area contributed by atoms with Gasteiger partial charge in [-0.15, -0.1) is 0 Å². The van der Waals surface area contributed by atoms with E-state index in [1.165, 1.54) is 4.90 Å². The smallest absolute Gasteiger partial charge is 0.323 e. The van der Waals surface area contributed by atoms with Crippen LogP contribution in [0.5, 0.6) is 0 Å². The molecular weight excluding hydrogens is 230 g/mol. The van der Waals surface area contributed by atoms with Gasteiger partial charge in [0.05, 0.1) is 5.41 Å². The normalized spacial score (nSPS) is 20.4. The molecule has 1 aromatic carbocycles. The number of para-hydroxylation sites is 1. The Kier molecular flexibility index (Phi) is 2.40. The Bertz CT molecular complexity index is 518. The fraction of sp³-hybridized carbons (Fsp3) is 0.429. The Morgan fingerprint density at radius 3 is 2.61 bits per heavy atom. The molecule has 4 nitrogen and oxygen atoms in total. The van der Waals surface area contributed by atoms with Crippen LogP contribution in [0, 0.1) is 0 Å². The molecular formula is C14H15NO3. The van der Waals surface area contributed by atoms with Gasteiger partial charge in [-0.2, -0.15) is 0 Å². The van der Waals surface area contributed by atoms with Crippen LogP contribution in [0.15, 0.2) is 24.3 Å². The minimum Gasteiger partial charge on any atom is -0.480 e. The lowest BCUT2D eigenvalue weighted by atomic mass is 9.80. The number of carbonyl (C=O) groups excluding carboxylic acids is 1. The fourth-order valence-corrected chi connectivity index (χ4v) is 3.35. The number of nitrogens with zero attached hydrogens (tertiary/aromatic N) is 1. The summed E-state index contributed by atoms with van der Waals surface area (Å²) in [5.74, 6) is -0.989. The van der Waals surface area contributed by atoms with E-state index in [1.54, 1.807) is 0 Å². The van der Waals surface area contributed by atoms with Gasteiger partial charge in [-0.25, -0.2) is 0 Å². The Morgan fingerprint density at radius 1 is 1.28 bits per heavy atom. The summed E-state index contributed by atoms with van der Waals surface area (Å²) in [6.07, 6.45) is 3.78. The number of anilines is 1. The van der Waals surface area contributed by atoms with Gasteiger partial charge in [-0.1, -0.05) is 31.0 Å². The van der Waals surface area contributed by atoms with Gasteiger partial charge in [0.1, 0.15) is 6.54 Å². The molecule has 1 heterocycles. The van der Waals surface area contributed by atoms with Crippen LogP contribution in [0.4, 0.5) is 5.69 Å². The van der Waals surface area contributed by atoms with Crippen molar-refractivity contribution < 1.29 is 14.7 Å². The molecule has 1 spiro atoms. The summed E-state index contributed by atoms with van der Waals surface area (Å²) in [5, 5.41) is 8.95. The maximum atomic E-state index is 12.6. The van der Waals surface area contributed by atoms with Gasteiger partial charge in [0.2, 0.25) is 5.91 Å². The molecule has 4 heteroatoms. The SMILES string of the molecule is O=C(O)CN1C(=O)C2(CCCC2)c2ccccc21. The highest BCUT2D eigenvalue weighted by atomic mass is 16.4. The van der Waals surface area contributed by atoms with Crippen molar-refractivity contribution >= 4 is 17.6 Å². The first-order valence-corrected chi connectivity index (χ1v) is 6.28. The van der Waals surface area contributed by atoms with Gasteiger partial charge in [-0.05, 0) is 24.5 Å². The zero-order chi connectivity index (χ0) is 12.8. The lowest BCUT2D eigenvalue weighted by molar-refractivity contribution is -0.137. The van der Waals surface area contributed by atoms with Gasteiger partial charge in [0.15, 0.2) is 0 Å². The predicted octanol–water partition coefficient (Wildman–Crippen LogP) is 1.93. The molecule has 1 aliphatic heterocycles. The van der Waals surface area contributed by atoms with E-state index in [0.29, 0.717) is 0 Å². The van der Waals surface area contributed by atoms with Crippen molar-refractivity contribution in [2.24, 2.45) is 0 Å². The van der Waals surface area contributed by atoms with Crippen LogP contribution in [0.25, 0.3) is 0 Å². The number of carboxylic acid groups (broad SMARTS) is 1. The summed E-state index contributed by atoms with van der Waals surface area (Å²) >= 11 is 0. The number of benzene rings is 1. The number of aliphatic carboxylic acids is 1. The summed E-state index contributed by atoms with van der Waals surface area (Å²) < 4.78 is 0. The third-order valence-electron chi connectivity index (χ3n) is 4.12. The first kappa shape index (κ1) is 11.3. The number of carbonyl (C=O) groups is 2. The maximum absolute atomic E-state index is 12.6. The van der Waals surface area contributed by atoms with E-state index < -0.39 is 11.4 Å². The third kappa shape index (κ3) is 1.38. The minimum atomic E-state index is -0.965. The molecule has 1 aromatic rings. The number of hydrogen-bond acceptors (Lipinski definition) is 2. The average molecular weight is 245 g/mol. The maximum Gasteiger partial charge on any atom is 0.323 e. The van der Waals surface area contributed by atoms with E-state index in [0.717, 1.165) is 36.9 Å². The average Bonchev–Trinajstić information content (AvgIpc) is 2.92. The van der Waals surface area contributed by atoms with Crippen molar-refractivity contribution in [1.29, 1.82) is 0 Å². The summed E-state index contributed by atoms with van der Waals surface area (Å²) in [4.78, 5) is 24.9. The number of carboxylic acids is 1. The van der Waals surface area contributed by atoms with E-state index in [-0.39, 0.29) is 12.5 Å². The first-order chi connectivity index (χ1) is 8.65. The molecule has 3 rings (SSSR count). The van der Waals surface area contributed by atoms with Crippen molar-refractivity contribution in [1.82, 2.24) is 0 Å². The Hall–Kier alpha value is -1.84. The van der Waals surface area contributed by atoms with Crippen LogP contribution in [0.3, 0.4) is 0 Å². The van der Waals surface area contributed by atoms with Crippen molar-refractivity contribution in [3.63, 3.8) is 0 Å². The Morgan fingerprint density at radius 2 is 1.94 bits per heavy atom. The summed E-state index contributed by atoms with van der Waals surface area (Å²) in [6.45, 7) is -0.238. The number of amides is 1. The third-order valence-corrected chi connectivity index (χ3v) is 4.12. The molecule has 0 aromatic heterocycles. The first-order valence-electron chi connectivity index (χ1n) is 6.28. The van der Waals surface area contributed by atoms with Crippen molar-refractivity contribution in [3.05, 3.63) is 29.8 Å². The van der Waals surface area contributed by atoms with Crippen LogP contribution < -0.4 is 4.90 Å². The highest BCUT2D eigenvalue weighted by molar-refractivity contribution is 6.10. The van der Waals surface area contributed by atoms with Gasteiger partial charge in [0, 0.05) is 5.69 Å². The molecule has 94 valence electrons. The van der Waals surface area contributed by atoms with Gasteiger partial charge in [-0.3, -0.25) is 9.59 Å². The second-order valence-electron chi connectivity index (χ2n) is 5.09. The molecule has 0 bridgehead atoms. The second-order valence-corrected chi connectivity index (χ2v) is 5.09. The Labute approximate surface area is 105 Å². The molecule has 0 saturated heterocycles. The fourth-order valence-electron chi connectivity index (χ4n) is 3.35. The topological polar surface area (TPSA) is 57.6 Å². The van der Waals surface area contributed by atoms with Crippen molar-refractivity contribution in [3.8, 4) is 0 Å². The molecule has 2 aliphatic rings. The molecule has 1 fully saturated rings. The zero-order valence-electron chi connectivity index (χ0n) is 10.1. The molecule has 0 radical (unpaired) electrons. The van der Waals surface area contributed by atoms with Crippen molar-refractivity contribution in [2.75, 3.05) is 11.4 Å². The van der Waals surface area contributed by atoms with Crippen LogP contribution in [-0.2, 0) is 15.0 Å². The minimum absolute atomic E-state index is 0.0244. The summed E-state index contributed by atoms with van der Waals surface area (Å²) in [6, 6.07) is 7.61. The van der Waals surface area contributed by atoms with Crippen molar-refractivity contribution in [2.45, 2.75) is 31.1 Å². The van der Waals surface area contributed by atoms with E-state index >= 15 is 0 Å². The molecule has 0 unspecified atom stereocenters. The van der Waals surface area contributed by atoms with Gasteiger partial charge in [0.25, 0.3) is 0 Å². The van der Waals surface area contributed by atoms with E-state index in [9.17, 15) is 9.59 Å². The summed E-state index contributed by atoms with van der Waals surface area (Å²) in [5.41, 5.74) is 1.37. The zero-order valence-corrected chi connectivity index (χ0v) is 10.1. The molecule has 0 atom stereocenters. The highest BCUT2D eigenvalue weighted by Crippen LogP contribution is 2.50. The van der Waals surface area contributed by atoms with Gasteiger partial charge >= 0.3 is 5.97 Å². The van der Waals surface area contributed by atoms with Crippen LogP contribution in [0.1, 0.15) is 31.2 Å². The number of fused-ring (bicyclic) bond motifs is 2. The van der Waals surface area contributed by atoms with Crippen LogP contribution in [-0.4, -0.2) is 23.5 Å². The van der Waals surface area contributed by atoms with E-state index in [2.05, 4.69) is 0 Å². The highest BCUT2D eigenvalue weighted by Gasteiger charge is 2.52. The molecule has 18 heavy (non-hydrogen) atoms. The molecule has 1 saturated carbocycles. The summed E-state index contributed by atoms with van der Waals surface area (Å²) in [7, 11) is 0. The monoisotopic (exact) mass is 245 g/mol. The van der Waals surface area contributed by atoms with E-state index in [4.69, 9.17) is 5.11 Å². The molecule has 1 N–H and O–H groups in total. The van der Waals surface area contributed by atoms with E-state index in [1.807, 2.05) is 24.3 Å². The van der Waals surface area contributed by atoms with Crippen LogP contribution >= 0.6 is 0 Å². The van der Waals surface area contributed by atoms with Gasteiger partial charge < -0.3 is 10.0 Å². The lowest BCUT2D eigenvalue weighted by Gasteiger charge is -2.22. The standard InChI is InChI=1S/C14H15NO3/c16-12(17)9-15-11-6-2-1-5-10(11)14(13(15)18)7-3-4-8-14/h1-2,5-6H,3-4,7-9H2,(H,16,17).